The molecule has 0 N–H and O–H groups in total. The molecule has 1 rings (SSSR count). The molecule has 0 aromatic heterocycles. The lowest BCUT2D eigenvalue weighted by atomic mass is 10.5. The van der Waals surface area contributed by atoms with Crippen molar-refractivity contribution >= 4 is 0 Å². The summed E-state index contributed by atoms with van der Waals surface area (Å²) >= 11 is 0. The highest BCUT2D eigenvalue weighted by atomic mass is 16.5. The standard InChI is InChI=1S/C6H12O/c1-2-7-5-6-3-4-6/h6H,2-5H2,1H3. The zero-order valence-corrected chi connectivity index (χ0v) is 4.81. The van der Waals surface area contributed by atoms with Crippen LogP contribution in [0.5, 0.6) is 0 Å². The Labute approximate surface area is 44.7 Å². The molecule has 0 heterocycles. The van der Waals surface area contributed by atoms with Crippen LogP contribution in [0.25, 0.3) is 0 Å². The van der Waals surface area contributed by atoms with Gasteiger partial charge in [0.1, 0.15) is 0 Å². The third kappa shape index (κ3) is 1.93. The summed E-state index contributed by atoms with van der Waals surface area (Å²) in [4.78, 5) is 0. The van der Waals surface area contributed by atoms with Gasteiger partial charge in [-0.05, 0) is 25.7 Å². The summed E-state index contributed by atoms with van der Waals surface area (Å²) in [6.45, 7) is 3.94. The average molecular weight is 100 g/mol. The summed E-state index contributed by atoms with van der Waals surface area (Å²) in [5.74, 6) is 0.931. The monoisotopic (exact) mass is 100 g/mol. The Hall–Kier alpha value is -0.0400. The maximum Gasteiger partial charge on any atom is 0.0494 e. The predicted molar refractivity (Wildman–Crippen MR) is 29.2 cm³/mol. The van der Waals surface area contributed by atoms with Gasteiger partial charge in [-0.1, -0.05) is 0 Å². The number of ether oxygens (including phenoxy) is 1. The average Bonchev–Trinajstić information content (AvgIpc) is 2.42. The molecule has 0 unspecified atom stereocenters. The van der Waals surface area contributed by atoms with Crippen molar-refractivity contribution in [2.75, 3.05) is 13.2 Å². The summed E-state index contributed by atoms with van der Waals surface area (Å²) in [5, 5.41) is 0. The molecule has 1 aliphatic rings. The minimum Gasteiger partial charge on any atom is -0.381 e. The Morgan fingerprint density at radius 3 is 2.71 bits per heavy atom. The van der Waals surface area contributed by atoms with Crippen molar-refractivity contribution in [1.82, 2.24) is 0 Å². The van der Waals surface area contributed by atoms with Gasteiger partial charge in [-0.15, -0.1) is 0 Å². The van der Waals surface area contributed by atoms with Crippen molar-refractivity contribution in [3.63, 3.8) is 0 Å². The molecule has 42 valence electrons. The fourth-order valence-electron chi connectivity index (χ4n) is 0.569. The van der Waals surface area contributed by atoms with E-state index in [1.54, 1.807) is 0 Å². The van der Waals surface area contributed by atoms with E-state index < -0.39 is 0 Å². The molecule has 0 bridgehead atoms. The third-order valence-electron chi connectivity index (χ3n) is 1.25. The van der Waals surface area contributed by atoms with Crippen LogP contribution >= 0.6 is 0 Å². The Morgan fingerprint density at radius 2 is 2.29 bits per heavy atom. The molecule has 0 aromatic carbocycles. The molecule has 0 spiro atoms. The summed E-state index contributed by atoms with van der Waals surface area (Å²) < 4.78 is 5.16. The Bertz CT molecular complexity index is 48.1. The Balaban J connectivity index is 1.80. The van der Waals surface area contributed by atoms with Crippen LogP contribution in [0.15, 0.2) is 0 Å². The first-order valence-electron chi connectivity index (χ1n) is 3.01. The molecule has 0 atom stereocenters. The number of hydrogen-bond acceptors (Lipinski definition) is 1. The molecule has 1 nitrogen and oxygen atoms in total. The van der Waals surface area contributed by atoms with Crippen LogP contribution in [0, 0.1) is 5.92 Å². The van der Waals surface area contributed by atoms with Crippen molar-refractivity contribution in [2.45, 2.75) is 19.8 Å². The van der Waals surface area contributed by atoms with E-state index in [1.165, 1.54) is 12.8 Å². The fraction of sp³-hybridized carbons (Fsp3) is 1.00. The van der Waals surface area contributed by atoms with E-state index in [0.29, 0.717) is 0 Å². The molecule has 7 heavy (non-hydrogen) atoms. The van der Waals surface area contributed by atoms with Crippen LogP contribution in [0.4, 0.5) is 0 Å². The van der Waals surface area contributed by atoms with E-state index >= 15 is 0 Å². The van der Waals surface area contributed by atoms with Gasteiger partial charge in [0.2, 0.25) is 0 Å². The van der Waals surface area contributed by atoms with Gasteiger partial charge in [0, 0.05) is 13.2 Å². The smallest absolute Gasteiger partial charge is 0.0494 e. The van der Waals surface area contributed by atoms with Crippen molar-refractivity contribution in [3.8, 4) is 0 Å². The molecular weight excluding hydrogens is 88.1 g/mol. The van der Waals surface area contributed by atoms with E-state index in [9.17, 15) is 0 Å². The zero-order chi connectivity index (χ0) is 5.11. The minimum atomic E-state index is 0.885. The van der Waals surface area contributed by atoms with E-state index in [-0.39, 0.29) is 0 Å². The molecule has 0 aromatic rings. The molecule has 1 heteroatoms. The molecule has 0 radical (unpaired) electrons. The molecule has 1 aliphatic carbocycles. The first-order chi connectivity index (χ1) is 3.43. The predicted octanol–water partition coefficient (Wildman–Crippen LogP) is 1.43. The lowest BCUT2D eigenvalue weighted by molar-refractivity contribution is 0.137. The van der Waals surface area contributed by atoms with E-state index in [0.717, 1.165) is 19.1 Å². The quantitative estimate of drug-likeness (QED) is 0.521. The van der Waals surface area contributed by atoms with E-state index in [2.05, 4.69) is 0 Å². The number of rotatable bonds is 3. The first kappa shape index (κ1) is 5.10. The third-order valence-corrected chi connectivity index (χ3v) is 1.25. The van der Waals surface area contributed by atoms with Crippen molar-refractivity contribution in [3.05, 3.63) is 0 Å². The molecule has 0 saturated heterocycles. The van der Waals surface area contributed by atoms with Gasteiger partial charge in [0.15, 0.2) is 0 Å². The maximum absolute atomic E-state index is 5.16. The van der Waals surface area contributed by atoms with Gasteiger partial charge in [0.25, 0.3) is 0 Å². The molecule has 1 saturated carbocycles. The fourth-order valence-corrected chi connectivity index (χ4v) is 0.569. The summed E-state index contributed by atoms with van der Waals surface area (Å²) in [6.07, 6.45) is 2.81. The second-order valence-electron chi connectivity index (χ2n) is 2.10. The summed E-state index contributed by atoms with van der Waals surface area (Å²) in [5.41, 5.74) is 0. The zero-order valence-electron chi connectivity index (χ0n) is 4.81. The molecule has 0 amide bonds. The van der Waals surface area contributed by atoms with Crippen molar-refractivity contribution < 1.29 is 4.74 Å². The largest absolute Gasteiger partial charge is 0.381 e. The van der Waals surface area contributed by atoms with Crippen LogP contribution in [-0.2, 0) is 4.74 Å². The van der Waals surface area contributed by atoms with Gasteiger partial charge in [-0.3, -0.25) is 0 Å². The highest BCUT2D eigenvalue weighted by Gasteiger charge is 2.20. The van der Waals surface area contributed by atoms with Gasteiger partial charge in [-0.2, -0.15) is 0 Å². The molecular formula is C6H12O. The maximum atomic E-state index is 5.16. The van der Waals surface area contributed by atoms with Gasteiger partial charge < -0.3 is 4.74 Å². The summed E-state index contributed by atoms with van der Waals surface area (Å²) in [7, 11) is 0. The van der Waals surface area contributed by atoms with Crippen molar-refractivity contribution in [2.24, 2.45) is 5.92 Å². The van der Waals surface area contributed by atoms with Crippen LogP contribution < -0.4 is 0 Å². The Kier molecular flexibility index (Phi) is 1.69. The van der Waals surface area contributed by atoms with Crippen LogP contribution in [0.3, 0.4) is 0 Å². The number of hydrogen-bond donors (Lipinski definition) is 0. The first-order valence-corrected chi connectivity index (χ1v) is 3.01. The van der Waals surface area contributed by atoms with Gasteiger partial charge in [0.05, 0.1) is 0 Å². The lowest BCUT2D eigenvalue weighted by Crippen LogP contribution is -1.93. The highest BCUT2D eigenvalue weighted by molar-refractivity contribution is 4.71. The van der Waals surface area contributed by atoms with Crippen molar-refractivity contribution in [1.29, 1.82) is 0 Å². The Morgan fingerprint density at radius 1 is 1.57 bits per heavy atom. The SMILES string of the molecule is CCOCC1CC1. The second-order valence-corrected chi connectivity index (χ2v) is 2.10. The minimum absolute atomic E-state index is 0.885. The molecule has 1 fully saturated rings. The summed E-state index contributed by atoms with van der Waals surface area (Å²) in [6, 6.07) is 0. The van der Waals surface area contributed by atoms with Gasteiger partial charge in [-0.25, -0.2) is 0 Å². The molecule has 0 aliphatic heterocycles. The van der Waals surface area contributed by atoms with E-state index in [4.69, 9.17) is 4.74 Å². The normalized spacial score (nSPS) is 20.1. The van der Waals surface area contributed by atoms with E-state index in [1.807, 2.05) is 6.92 Å². The highest BCUT2D eigenvalue weighted by Crippen LogP contribution is 2.28. The van der Waals surface area contributed by atoms with Gasteiger partial charge >= 0.3 is 0 Å². The van der Waals surface area contributed by atoms with Crippen LogP contribution in [0.1, 0.15) is 19.8 Å². The topological polar surface area (TPSA) is 9.23 Å². The lowest BCUT2D eigenvalue weighted by Gasteiger charge is -1.93. The van der Waals surface area contributed by atoms with Crippen LogP contribution in [0.2, 0.25) is 0 Å². The van der Waals surface area contributed by atoms with Crippen LogP contribution in [-0.4, -0.2) is 13.2 Å². The second kappa shape index (κ2) is 2.31.